The lowest BCUT2D eigenvalue weighted by Gasteiger charge is -2.34. The number of benzene rings is 1. The number of ether oxygens (including phenoxy) is 2. The highest BCUT2D eigenvalue weighted by atomic mass is 32.1. The Morgan fingerprint density at radius 2 is 1.94 bits per heavy atom. The fraction of sp³-hybridized carbons (Fsp3) is 0.520. The summed E-state index contributed by atoms with van der Waals surface area (Å²) in [5.41, 5.74) is 0.565. The highest BCUT2D eigenvalue weighted by molar-refractivity contribution is 7.80. The summed E-state index contributed by atoms with van der Waals surface area (Å²) in [6.07, 6.45) is 1.58. The van der Waals surface area contributed by atoms with E-state index in [2.05, 4.69) is 34.6 Å². The van der Waals surface area contributed by atoms with Crippen LogP contribution in [0.2, 0.25) is 0 Å². The zero-order chi connectivity index (χ0) is 26.3. The Morgan fingerprint density at radius 3 is 2.46 bits per heavy atom. The molecule has 4 unspecified atom stereocenters. The van der Waals surface area contributed by atoms with Crippen molar-refractivity contribution in [2.24, 2.45) is 5.92 Å². The normalized spacial score (nSPS) is 18.5. The first-order valence-corrected chi connectivity index (χ1v) is 12.0. The van der Waals surface area contributed by atoms with E-state index in [1.807, 2.05) is 13.0 Å². The van der Waals surface area contributed by atoms with E-state index in [9.17, 15) is 19.2 Å². The maximum atomic E-state index is 13.8. The highest BCUT2D eigenvalue weighted by Crippen LogP contribution is 2.41. The van der Waals surface area contributed by atoms with Gasteiger partial charge in [-0.1, -0.05) is 37.8 Å². The Hall–Kier alpha value is -3.01. The molecule has 0 aromatic heterocycles. The topological polar surface area (TPSA) is 114 Å². The molecule has 1 saturated carbocycles. The zero-order valence-corrected chi connectivity index (χ0v) is 21.8. The molecule has 2 N–H and O–H groups in total. The van der Waals surface area contributed by atoms with E-state index in [1.165, 1.54) is 12.0 Å². The van der Waals surface area contributed by atoms with Gasteiger partial charge in [0.1, 0.15) is 24.2 Å². The van der Waals surface area contributed by atoms with E-state index >= 15 is 0 Å². The lowest BCUT2D eigenvalue weighted by atomic mass is 10.00. The van der Waals surface area contributed by atoms with E-state index < -0.39 is 41.6 Å². The molecule has 4 atom stereocenters. The lowest BCUT2D eigenvalue weighted by Crippen LogP contribution is -2.55. The maximum Gasteiger partial charge on any atom is 0.408 e. The van der Waals surface area contributed by atoms with E-state index in [-0.39, 0.29) is 24.3 Å². The van der Waals surface area contributed by atoms with Crippen LogP contribution in [0.5, 0.6) is 0 Å². The number of rotatable bonds is 10. The van der Waals surface area contributed by atoms with Gasteiger partial charge in [-0.25, -0.2) is 4.79 Å². The van der Waals surface area contributed by atoms with Crippen molar-refractivity contribution in [3.05, 3.63) is 42.0 Å². The molecule has 3 amide bonds. The lowest BCUT2D eigenvalue weighted by molar-refractivity contribution is -0.145. The molecule has 0 bridgehead atoms. The summed E-state index contributed by atoms with van der Waals surface area (Å²) in [5, 5.41) is 5.14. The number of esters is 1. The van der Waals surface area contributed by atoms with Crippen LogP contribution in [-0.4, -0.2) is 65.9 Å². The number of hydrogen-bond donors (Lipinski definition) is 3. The quantitative estimate of drug-likeness (QED) is 0.333. The molecule has 10 heteroatoms. The third kappa shape index (κ3) is 8.02. The van der Waals surface area contributed by atoms with Crippen LogP contribution in [0.25, 0.3) is 6.08 Å². The Balaban J connectivity index is 2.44. The second-order valence-corrected chi connectivity index (χ2v) is 9.84. The van der Waals surface area contributed by atoms with Crippen molar-refractivity contribution in [2.45, 2.75) is 57.8 Å². The van der Waals surface area contributed by atoms with E-state index in [0.29, 0.717) is 12.0 Å². The van der Waals surface area contributed by atoms with Crippen molar-refractivity contribution in [3.8, 4) is 0 Å². The third-order valence-electron chi connectivity index (χ3n) is 5.47. The van der Waals surface area contributed by atoms with Crippen molar-refractivity contribution < 1.29 is 28.7 Å². The standard InChI is InChI=1S/C25H35N3O6S/c1-7-16-9-8-10-17(12-16)21(22(30)26-13-20(29)33-6)28(19-11-15(19)2)23(31)18(14-35)27-24(32)34-25(3,4)5/h7-10,12,15,18-19,21,35H,1,11,13-14H2,2-6H3,(H,26,30)(H,27,32). The SMILES string of the molecule is C=Cc1cccc(C(C(=O)NCC(=O)OC)N(C(=O)C(CS)NC(=O)OC(C)(C)C)C2CC2C)c1. The molecule has 0 saturated heterocycles. The smallest absolute Gasteiger partial charge is 0.408 e. The molecule has 192 valence electrons. The number of nitrogens with zero attached hydrogens (tertiary/aromatic N) is 1. The maximum absolute atomic E-state index is 13.8. The minimum atomic E-state index is -1.05. The Bertz CT molecular complexity index is 961. The average Bonchev–Trinajstić information content (AvgIpc) is 3.52. The van der Waals surface area contributed by atoms with Gasteiger partial charge in [0, 0.05) is 11.8 Å². The molecule has 0 heterocycles. The van der Waals surface area contributed by atoms with E-state index in [0.717, 1.165) is 5.56 Å². The van der Waals surface area contributed by atoms with Crippen molar-refractivity contribution in [1.29, 1.82) is 0 Å². The van der Waals surface area contributed by atoms with Gasteiger partial charge in [-0.05, 0) is 50.3 Å². The molecule has 1 fully saturated rings. The van der Waals surface area contributed by atoms with Crippen LogP contribution in [0.15, 0.2) is 30.8 Å². The van der Waals surface area contributed by atoms with E-state index in [4.69, 9.17) is 4.74 Å². The number of amides is 3. The molecule has 2 rings (SSSR count). The molecular formula is C25H35N3O6S. The molecule has 1 aromatic rings. The Kier molecular flexibility index (Phi) is 9.76. The third-order valence-corrected chi connectivity index (χ3v) is 5.84. The summed E-state index contributed by atoms with van der Waals surface area (Å²) in [4.78, 5) is 52.7. The van der Waals surface area contributed by atoms with Crippen molar-refractivity contribution in [2.75, 3.05) is 19.4 Å². The first-order chi connectivity index (χ1) is 16.4. The van der Waals surface area contributed by atoms with Gasteiger partial charge in [0.15, 0.2) is 0 Å². The number of carbonyl (C=O) groups is 4. The van der Waals surface area contributed by atoms with Gasteiger partial charge in [-0.3, -0.25) is 14.4 Å². The van der Waals surface area contributed by atoms with Crippen LogP contribution in [0.1, 0.15) is 51.3 Å². The molecule has 35 heavy (non-hydrogen) atoms. The Morgan fingerprint density at radius 1 is 1.29 bits per heavy atom. The summed E-state index contributed by atoms with van der Waals surface area (Å²) >= 11 is 4.27. The monoisotopic (exact) mass is 505 g/mol. The summed E-state index contributed by atoms with van der Waals surface area (Å²) < 4.78 is 9.93. The second-order valence-electron chi connectivity index (χ2n) is 9.48. The summed E-state index contributed by atoms with van der Waals surface area (Å²) in [5.74, 6) is -1.48. The Labute approximate surface area is 212 Å². The summed E-state index contributed by atoms with van der Waals surface area (Å²) in [6.45, 7) is 10.6. The number of carbonyl (C=O) groups excluding carboxylic acids is 4. The van der Waals surface area contributed by atoms with Crippen LogP contribution < -0.4 is 10.6 Å². The minimum absolute atomic E-state index is 0.00112. The number of thiol groups is 1. The van der Waals surface area contributed by atoms with Gasteiger partial charge < -0.3 is 25.0 Å². The number of nitrogens with one attached hydrogen (secondary N) is 2. The first kappa shape index (κ1) is 28.2. The molecule has 0 spiro atoms. The van der Waals surface area contributed by atoms with Crippen molar-refractivity contribution in [1.82, 2.24) is 15.5 Å². The molecule has 9 nitrogen and oxygen atoms in total. The van der Waals surface area contributed by atoms with Crippen LogP contribution in [0.3, 0.4) is 0 Å². The fourth-order valence-electron chi connectivity index (χ4n) is 3.61. The number of hydrogen-bond acceptors (Lipinski definition) is 7. The minimum Gasteiger partial charge on any atom is -0.468 e. The van der Waals surface area contributed by atoms with Crippen molar-refractivity contribution >= 4 is 42.6 Å². The fourth-order valence-corrected chi connectivity index (χ4v) is 3.86. The molecule has 1 aliphatic carbocycles. The van der Waals surface area contributed by atoms with Gasteiger partial charge in [-0.15, -0.1) is 0 Å². The summed E-state index contributed by atoms with van der Waals surface area (Å²) in [7, 11) is 1.22. The predicted octanol–water partition coefficient (Wildman–Crippen LogP) is 2.72. The number of methoxy groups -OCH3 is 1. The average molecular weight is 506 g/mol. The van der Waals surface area contributed by atoms with Gasteiger partial charge in [-0.2, -0.15) is 12.6 Å². The molecule has 0 aliphatic heterocycles. The highest BCUT2D eigenvalue weighted by Gasteiger charge is 2.48. The van der Waals surface area contributed by atoms with Crippen LogP contribution in [0, 0.1) is 5.92 Å². The predicted molar refractivity (Wildman–Crippen MR) is 136 cm³/mol. The molecule has 0 radical (unpaired) electrons. The second kappa shape index (κ2) is 12.1. The van der Waals surface area contributed by atoms with Gasteiger partial charge in [0.05, 0.1) is 7.11 Å². The first-order valence-electron chi connectivity index (χ1n) is 11.4. The molecule has 1 aliphatic rings. The van der Waals surface area contributed by atoms with Crippen molar-refractivity contribution in [3.63, 3.8) is 0 Å². The van der Waals surface area contributed by atoms with Crippen LogP contribution >= 0.6 is 12.6 Å². The van der Waals surface area contributed by atoms with Crippen LogP contribution in [-0.2, 0) is 23.9 Å². The van der Waals surface area contributed by atoms with Gasteiger partial charge >= 0.3 is 12.1 Å². The van der Waals surface area contributed by atoms with E-state index in [1.54, 1.807) is 45.0 Å². The summed E-state index contributed by atoms with van der Waals surface area (Å²) in [6, 6.07) is 4.78. The van der Waals surface area contributed by atoms with Gasteiger partial charge in [0.25, 0.3) is 0 Å². The zero-order valence-electron chi connectivity index (χ0n) is 20.9. The van der Waals surface area contributed by atoms with Crippen LogP contribution in [0.4, 0.5) is 4.79 Å². The molecule has 1 aromatic carbocycles. The van der Waals surface area contributed by atoms with Gasteiger partial charge in [0.2, 0.25) is 11.8 Å². The molecular weight excluding hydrogens is 470 g/mol. The largest absolute Gasteiger partial charge is 0.468 e. The number of alkyl carbamates (subject to hydrolysis) is 1.